The Morgan fingerprint density at radius 2 is 2.23 bits per heavy atom. The molecule has 1 heterocycles. The highest BCUT2D eigenvalue weighted by atomic mass is 32.1. The molecule has 1 aromatic rings. The fourth-order valence-corrected chi connectivity index (χ4v) is 0.604. The van der Waals surface area contributed by atoms with Crippen LogP contribution in [0.3, 0.4) is 0 Å². The Labute approximate surface area is 76.5 Å². The lowest BCUT2D eigenvalue weighted by molar-refractivity contribution is 0.878. The summed E-state index contributed by atoms with van der Waals surface area (Å²) in [5, 5.41) is 5.35. The van der Waals surface area contributed by atoms with Crippen LogP contribution in [-0.4, -0.2) is 20.3 Å². The summed E-state index contributed by atoms with van der Waals surface area (Å²) in [5.41, 5.74) is 8.28. The largest absolute Gasteiger partial charge is 0.375 e. The first-order chi connectivity index (χ1) is 6.09. The summed E-state index contributed by atoms with van der Waals surface area (Å²) in [5.74, 6) is -0.132. The molecule has 9 heteroatoms. The number of hydrogen-bond acceptors (Lipinski definition) is 5. The molecule has 70 valence electrons. The molecule has 1 rings (SSSR count). The maximum atomic E-state index is 10.9. The molecule has 0 radical (unpaired) electrons. The summed E-state index contributed by atoms with van der Waals surface area (Å²) in [4.78, 5) is 23.4. The van der Waals surface area contributed by atoms with Crippen LogP contribution in [0, 0.1) is 0 Å². The van der Waals surface area contributed by atoms with E-state index in [-0.39, 0.29) is 10.9 Å². The van der Waals surface area contributed by atoms with Crippen molar-refractivity contribution in [3.05, 3.63) is 20.8 Å². The van der Waals surface area contributed by atoms with Crippen molar-refractivity contribution in [2.75, 3.05) is 5.43 Å². The minimum atomic E-state index is -0.689. The van der Waals surface area contributed by atoms with Gasteiger partial charge in [-0.25, -0.2) is 9.89 Å². The Morgan fingerprint density at radius 1 is 1.54 bits per heavy atom. The fraction of sp³-hybridized carbons (Fsp3) is 0. The average Bonchev–Trinajstić information content (AvgIpc) is 2.02. The Bertz CT molecular complexity index is 421. The lowest BCUT2D eigenvalue weighted by Crippen LogP contribution is -2.38. The van der Waals surface area contributed by atoms with Gasteiger partial charge in [-0.2, -0.15) is 0 Å². The minimum absolute atomic E-state index is 0.0487. The topological polar surface area (TPSA) is 129 Å². The van der Waals surface area contributed by atoms with Crippen molar-refractivity contribution in [1.29, 1.82) is 0 Å². The quantitative estimate of drug-likeness (QED) is 0.267. The van der Waals surface area contributed by atoms with E-state index in [0.717, 1.165) is 0 Å². The molecule has 8 nitrogen and oxygen atoms in total. The zero-order valence-corrected chi connectivity index (χ0v) is 7.07. The van der Waals surface area contributed by atoms with Crippen molar-refractivity contribution >= 4 is 23.1 Å². The maximum absolute atomic E-state index is 10.9. The van der Waals surface area contributed by atoms with Gasteiger partial charge >= 0.3 is 5.69 Å². The molecule has 1 aromatic heterocycles. The number of H-pyrrole nitrogens is 2. The molecule has 0 bridgehead atoms. The van der Waals surface area contributed by atoms with Gasteiger partial charge in [0.1, 0.15) is 0 Å². The second kappa shape index (κ2) is 3.67. The Morgan fingerprint density at radius 3 is 2.77 bits per heavy atom. The Kier molecular flexibility index (Phi) is 2.59. The number of aromatic nitrogens is 3. The van der Waals surface area contributed by atoms with Crippen LogP contribution >= 0.6 is 12.2 Å². The van der Waals surface area contributed by atoms with Crippen LogP contribution < -0.4 is 27.8 Å². The summed E-state index contributed by atoms with van der Waals surface area (Å²) in [7, 11) is 0. The van der Waals surface area contributed by atoms with Crippen LogP contribution in [0.5, 0.6) is 0 Å². The summed E-state index contributed by atoms with van der Waals surface area (Å²) < 4.78 is 0. The molecule has 0 saturated carbocycles. The van der Waals surface area contributed by atoms with E-state index >= 15 is 0 Å². The van der Waals surface area contributed by atoms with Crippen molar-refractivity contribution in [3.63, 3.8) is 0 Å². The van der Waals surface area contributed by atoms with E-state index in [4.69, 9.17) is 5.73 Å². The zero-order chi connectivity index (χ0) is 9.84. The molecule has 0 aliphatic heterocycles. The van der Waals surface area contributed by atoms with Crippen LogP contribution in [0.1, 0.15) is 0 Å². The SMILES string of the molecule is NC(=S)NNc1n[nH]c(=O)[nH]c1=O. The highest BCUT2D eigenvalue weighted by molar-refractivity contribution is 7.80. The van der Waals surface area contributed by atoms with Crippen LogP contribution in [0.15, 0.2) is 9.59 Å². The number of hydrazine groups is 1. The fourth-order valence-electron chi connectivity index (χ4n) is 0.553. The van der Waals surface area contributed by atoms with Crippen LogP contribution in [0.2, 0.25) is 0 Å². The van der Waals surface area contributed by atoms with Crippen molar-refractivity contribution in [3.8, 4) is 0 Å². The van der Waals surface area contributed by atoms with E-state index in [9.17, 15) is 9.59 Å². The normalized spacial score (nSPS) is 9.23. The van der Waals surface area contributed by atoms with E-state index in [2.05, 4.69) is 28.2 Å². The smallest absolute Gasteiger partial charge is 0.342 e. The molecule has 0 spiro atoms. The first-order valence-electron chi connectivity index (χ1n) is 3.10. The van der Waals surface area contributed by atoms with Gasteiger partial charge in [-0.05, 0) is 12.2 Å². The number of nitrogens with two attached hydrogens (primary N) is 1. The van der Waals surface area contributed by atoms with Crippen molar-refractivity contribution in [1.82, 2.24) is 20.6 Å². The van der Waals surface area contributed by atoms with Crippen molar-refractivity contribution < 1.29 is 0 Å². The summed E-state index contributed by atoms with van der Waals surface area (Å²) in [6.45, 7) is 0. The van der Waals surface area contributed by atoms with Crippen LogP contribution in [0.25, 0.3) is 0 Å². The zero-order valence-electron chi connectivity index (χ0n) is 6.25. The molecule has 0 aromatic carbocycles. The third-order valence-electron chi connectivity index (χ3n) is 1.02. The molecule has 6 N–H and O–H groups in total. The first-order valence-corrected chi connectivity index (χ1v) is 3.51. The second-order valence-corrected chi connectivity index (χ2v) is 2.41. The molecule has 13 heavy (non-hydrogen) atoms. The van der Waals surface area contributed by atoms with E-state index in [1.807, 2.05) is 10.1 Å². The average molecular weight is 202 g/mol. The Balaban J connectivity index is 2.84. The molecule has 0 aliphatic carbocycles. The highest BCUT2D eigenvalue weighted by Gasteiger charge is 1.99. The van der Waals surface area contributed by atoms with Gasteiger partial charge in [-0.3, -0.25) is 20.6 Å². The monoisotopic (exact) mass is 202 g/mol. The number of nitrogens with zero attached hydrogens (tertiary/aromatic N) is 1. The Hall–Kier alpha value is -1.90. The summed E-state index contributed by atoms with van der Waals surface area (Å²) >= 11 is 4.46. The predicted molar refractivity (Wildman–Crippen MR) is 49.0 cm³/mol. The number of nitrogens with one attached hydrogen (secondary N) is 4. The maximum Gasteiger partial charge on any atom is 0.342 e. The van der Waals surface area contributed by atoms with Gasteiger partial charge in [0.05, 0.1) is 0 Å². The van der Waals surface area contributed by atoms with Gasteiger partial charge in [0, 0.05) is 0 Å². The van der Waals surface area contributed by atoms with Gasteiger partial charge in [0.15, 0.2) is 5.11 Å². The molecular formula is C4H6N6O2S. The molecule has 0 amide bonds. The van der Waals surface area contributed by atoms with E-state index in [1.54, 1.807) is 0 Å². The second-order valence-electron chi connectivity index (χ2n) is 1.97. The molecular weight excluding hydrogens is 196 g/mol. The summed E-state index contributed by atoms with van der Waals surface area (Å²) in [6, 6.07) is 0. The first kappa shape index (κ1) is 9.19. The molecule has 0 unspecified atom stereocenters. The third kappa shape index (κ3) is 2.56. The van der Waals surface area contributed by atoms with Crippen molar-refractivity contribution in [2.45, 2.75) is 0 Å². The minimum Gasteiger partial charge on any atom is -0.375 e. The van der Waals surface area contributed by atoms with Gasteiger partial charge in [0.2, 0.25) is 5.82 Å². The predicted octanol–water partition coefficient (Wildman–Crippen LogP) is -2.38. The number of aromatic amines is 2. The van der Waals surface area contributed by atoms with Gasteiger partial charge in [-0.1, -0.05) is 0 Å². The third-order valence-corrected chi connectivity index (χ3v) is 1.12. The number of anilines is 1. The molecule has 0 aliphatic rings. The molecule has 0 fully saturated rings. The van der Waals surface area contributed by atoms with Gasteiger partial charge in [0.25, 0.3) is 5.56 Å². The van der Waals surface area contributed by atoms with Gasteiger partial charge in [-0.15, -0.1) is 5.10 Å². The highest BCUT2D eigenvalue weighted by Crippen LogP contribution is 1.80. The number of rotatable bonds is 2. The molecule has 0 saturated heterocycles. The van der Waals surface area contributed by atoms with E-state index in [0.29, 0.717) is 0 Å². The van der Waals surface area contributed by atoms with E-state index < -0.39 is 11.2 Å². The van der Waals surface area contributed by atoms with Gasteiger partial charge < -0.3 is 5.73 Å². The lowest BCUT2D eigenvalue weighted by atomic mass is 10.7. The van der Waals surface area contributed by atoms with E-state index in [1.165, 1.54) is 0 Å². The van der Waals surface area contributed by atoms with Crippen molar-refractivity contribution in [2.24, 2.45) is 5.73 Å². The standard InChI is InChI=1S/C4H6N6O2S/c5-3(13)9-7-1-2(11)6-4(12)10-8-1/h(H,7,8)(H3,5,9,13)(H2,6,10,11,12). The molecule has 0 atom stereocenters. The van der Waals surface area contributed by atoms with Crippen LogP contribution in [0.4, 0.5) is 5.82 Å². The number of thiocarbonyl (C=S) groups is 1. The summed E-state index contributed by atoms with van der Waals surface area (Å²) in [6.07, 6.45) is 0. The lowest BCUT2D eigenvalue weighted by Gasteiger charge is -2.03. The van der Waals surface area contributed by atoms with Crippen LogP contribution in [-0.2, 0) is 0 Å². The number of hydrogen-bond donors (Lipinski definition) is 5.